The van der Waals surface area contributed by atoms with E-state index in [0.29, 0.717) is 29.7 Å². The molecule has 0 unspecified atom stereocenters. The first-order valence-corrected chi connectivity index (χ1v) is 8.86. The maximum absolute atomic E-state index is 12.2. The van der Waals surface area contributed by atoms with Crippen LogP contribution in [0.3, 0.4) is 0 Å². The van der Waals surface area contributed by atoms with Crippen LogP contribution in [-0.2, 0) is 4.74 Å². The van der Waals surface area contributed by atoms with Crippen LogP contribution in [0.15, 0.2) is 21.0 Å². The molecule has 0 atom stereocenters. The Morgan fingerprint density at radius 3 is 2.91 bits per heavy atom. The average Bonchev–Trinajstić information content (AvgIpc) is 3.02. The lowest BCUT2D eigenvalue weighted by molar-refractivity contribution is 0.0516. The second-order valence-electron chi connectivity index (χ2n) is 5.46. The zero-order valence-electron chi connectivity index (χ0n) is 12.7. The second-order valence-corrected chi connectivity index (χ2v) is 6.35. The molecule has 2 heterocycles. The molecule has 0 bridgehead atoms. The number of hydrogen-bond donors (Lipinski definition) is 0. The van der Waals surface area contributed by atoms with Gasteiger partial charge in [0.1, 0.15) is 11.5 Å². The van der Waals surface area contributed by atoms with Gasteiger partial charge in [-0.15, -0.1) is 11.8 Å². The van der Waals surface area contributed by atoms with E-state index >= 15 is 0 Å². The lowest BCUT2D eigenvalue weighted by atomic mass is 9.87. The van der Waals surface area contributed by atoms with Crippen molar-refractivity contribution in [3.05, 3.63) is 29.0 Å². The molecule has 1 aliphatic heterocycles. The van der Waals surface area contributed by atoms with Gasteiger partial charge in [-0.3, -0.25) is 4.99 Å². The van der Waals surface area contributed by atoms with Crippen molar-refractivity contribution in [2.45, 2.75) is 44.9 Å². The van der Waals surface area contributed by atoms with Crippen LogP contribution in [0.1, 0.15) is 67.1 Å². The summed E-state index contributed by atoms with van der Waals surface area (Å²) in [5, 5.41) is 1.93. The summed E-state index contributed by atoms with van der Waals surface area (Å²) in [4.78, 5) is 20.9. The molecule has 0 N–H and O–H groups in total. The molecule has 118 valence electrons. The van der Waals surface area contributed by atoms with E-state index in [1.54, 1.807) is 24.9 Å². The molecule has 6 heteroatoms. The highest BCUT2D eigenvalue weighted by Gasteiger charge is 2.30. The van der Waals surface area contributed by atoms with Gasteiger partial charge in [0.05, 0.1) is 6.61 Å². The molecule has 0 amide bonds. The fourth-order valence-electron chi connectivity index (χ4n) is 2.89. The van der Waals surface area contributed by atoms with Crippen LogP contribution < -0.4 is 0 Å². The van der Waals surface area contributed by atoms with Crippen molar-refractivity contribution in [1.29, 1.82) is 0 Å². The van der Waals surface area contributed by atoms with Gasteiger partial charge in [0, 0.05) is 17.9 Å². The lowest BCUT2D eigenvalue weighted by Gasteiger charge is -2.19. The summed E-state index contributed by atoms with van der Waals surface area (Å²) in [5.74, 6) is 1.74. The quantitative estimate of drug-likeness (QED) is 0.787. The maximum atomic E-state index is 12.2. The number of esters is 1. The molecule has 2 aliphatic rings. The third-order valence-corrected chi connectivity index (χ3v) is 4.71. The van der Waals surface area contributed by atoms with Crippen LogP contribution in [0.2, 0.25) is 0 Å². The predicted octanol–water partition coefficient (Wildman–Crippen LogP) is 3.91. The number of aliphatic imine (C=N–C) groups is 1. The van der Waals surface area contributed by atoms with E-state index in [4.69, 9.17) is 9.15 Å². The van der Waals surface area contributed by atoms with Gasteiger partial charge < -0.3 is 9.15 Å². The smallest absolute Gasteiger partial charge is 0.360 e. The highest BCUT2D eigenvalue weighted by molar-refractivity contribution is 8.02. The Morgan fingerprint density at radius 2 is 2.23 bits per heavy atom. The fraction of sp³-hybridized carbons (Fsp3) is 0.562. The number of carbonyl (C=O) groups excluding carboxylic acids is 1. The van der Waals surface area contributed by atoms with Gasteiger partial charge in [-0.1, -0.05) is 19.3 Å². The third-order valence-electron chi connectivity index (χ3n) is 3.95. The van der Waals surface area contributed by atoms with Crippen LogP contribution >= 0.6 is 11.8 Å². The van der Waals surface area contributed by atoms with Crippen molar-refractivity contribution in [3.63, 3.8) is 0 Å². The number of oxazole rings is 1. The molecule has 0 aromatic carbocycles. The Hall–Kier alpha value is -1.56. The van der Waals surface area contributed by atoms with Gasteiger partial charge >= 0.3 is 5.97 Å². The normalized spacial score (nSPS) is 19.0. The molecule has 5 nitrogen and oxygen atoms in total. The van der Waals surface area contributed by atoms with E-state index in [1.165, 1.54) is 19.3 Å². The topological polar surface area (TPSA) is 64.7 Å². The summed E-state index contributed by atoms with van der Waals surface area (Å²) in [6, 6.07) is 0. The zero-order chi connectivity index (χ0) is 15.4. The molecule has 1 aliphatic carbocycles. The van der Waals surface area contributed by atoms with Crippen molar-refractivity contribution in [1.82, 2.24) is 4.98 Å². The van der Waals surface area contributed by atoms with Crippen LogP contribution in [-0.4, -0.2) is 29.0 Å². The molecule has 0 radical (unpaired) electrons. The largest absolute Gasteiger partial charge is 0.461 e. The van der Waals surface area contributed by atoms with Crippen LogP contribution in [0, 0.1) is 0 Å². The molecular formula is C16H20N2O3S. The van der Waals surface area contributed by atoms with Crippen molar-refractivity contribution in [2.75, 3.05) is 12.4 Å². The van der Waals surface area contributed by atoms with Gasteiger partial charge in [-0.25, -0.2) is 9.78 Å². The number of nitrogens with zero attached hydrogens (tertiary/aromatic N) is 2. The summed E-state index contributed by atoms with van der Waals surface area (Å²) in [5.41, 5.74) is 1.12. The molecule has 0 saturated heterocycles. The molecule has 1 fully saturated rings. The first-order chi connectivity index (χ1) is 10.8. The van der Waals surface area contributed by atoms with E-state index in [0.717, 1.165) is 18.6 Å². The standard InChI is InChI=1S/C16H20N2O3S/c1-2-20-16(19)13-14(11-6-4-3-5-7-11)21-15(18-13)12-10-22-9-8-17-12/h8-9,11H,2-7,10H2,1H3. The Labute approximate surface area is 134 Å². The second kappa shape index (κ2) is 7.13. The predicted molar refractivity (Wildman–Crippen MR) is 86.4 cm³/mol. The summed E-state index contributed by atoms with van der Waals surface area (Å²) < 4.78 is 11.1. The van der Waals surface area contributed by atoms with E-state index in [1.807, 2.05) is 5.41 Å². The zero-order valence-corrected chi connectivity index (χ0v) is 13.5. The minimum atomic E-state index is -0.391. The van der Waals surface area contributed by atoms with Crippen LogP contribution in [0.4, 0.5) is 0 Å². The first kappa shape index (κ1) is 15.3. The highest BCUT2D eigenvalue weighted by Crippen LogP contribution is 2.35. The van der Waals surface area contributed by atoms with Crippen molar-refractivity contribution in [3.8, 4) is 0 Å². The molecule has 0 spiro atoms. The van der Waals surface area contributed by atoms with Gasteiger partial charge in [0.2, 0.25) is 5.89 Å². The first-order valence-electron chi connectivity index (χ1n) is 7.81. The van der Waals surface area contributed by atoms with E-state index in [-0.39, 0.29) is 5.92 Å². The minimum absolute atomic E-state index is 0.266. The number of rotatable bonds is 4. The fourth-order valence-corrected chi connectivity index (χ4v) is 3.49. The Morgan fingerprint density at radius 1 is 1.41 bits per heavy atom. The Balaban J connectivity index is 1.94. The number of hydrogen-bond acceptors (Lipinski definition) is 6. The van der Waals surface area contributed by atoms with E-state index in [9.17, 15) is 4.79 Å². The van der Waals surface area contributed by atoms with Crippen LogP contribution in [0.25, 0.3) is 0 Å². The molecule has 1 aromatic rings. The number of ether oxygens (including phenoxy) is 1. The summed E-state index contributed by atoms with van der Waals surface area (Å²) in [7, 11) is 0. The third kappa shape index (κ3) is 3.27. The molecule has 3 rings (SSSR count). The van der Waals surface area contributed by atoms with Crippen molar-refractivity contribution < 1.29 is 13.9 Å². The number of carbonyl (C=O) groups is 1. The maximum Gasteiger partial charge on any atom is 0.360 e. The van der Waals surface area contributed by atoms with Crippen LogP contribution in [0.5, 0.6) is 0 Å². The minimum Gasteiger partial charge on any atom is -0.461 e. The van der Waals surface area contributed by atoms with Gasteiger partial charge in [-0.2, -0.15) is 0 Å². The Bertz CT molecular complexity index is 601. The SMILES string of the molecule is CCOC(=O)c1nc(C2=NC=CSC2)oc1C1CCCCC1. The average molecular weight is 320 g/mol. The van der Waals surface area contributed by atoms with Crippen molar-refractivity contribution in [2.24, 2.45) is 4.99 Å². The molecule has 1 saturated carbocycles. The van der Waals surface area contributed by atoms with E-state index in [2.05, 4.69) is 9.98 Å². The van der Waals surface area contributed by atoms with Gasteiger partial charge in [0.25, 0.3) is 0 Å². The highest BCUT2D eigenvalue weighted by atomic mass is 32.2. The molecule has 22 heavy (non-hydrogen) atoms. The monoisotopic (exact) mass is 320 g/mol. The van der Waals surface area contributed by atoms with Gasteiger partial charge in [-0.05, 0) is 25.2 Å². The summed E-state index contributed by atoms with van der Waals surface area (Å²) >= 11 is 1.64. The van der Waals surface area contributed by atoms with Crippen molar-refractivity contribution >= 4 is 23.4 Å². The lowest BCUT2D eigenvalue weighted by Crippen LogP contribution is -2.12. The number of aromatic nitrogens is 1. The van der Waals surface area contributed by atoms with E-state index < -0.39 is 5.97 Å². The Kier molecular flexibility index (Phi) is 4.97. The summed E-state index contributed by atoms with van der Waals surface area (Å²) in [6.45, 7) is 2.14. The summed E-state index contributed by atoms with van der Waals surface area (Å²) in [6.07, 6.45) is 7.41. The molecular weight excluding hydrogens is 300 g/mol. The van der Waals surface area contributed by atoms with Gasteiger partial charge in [0.15, 0.2) is 5.69 Å². The number of thioether (sulfide) groups is 1. The molecule has 1 aromatic heterocycles.